The SMILES string of the molecule is CCCc1cccc(C(O)c2cc(Br)cs2)c1. The van der Waals surface area contributed by atoms with E-state index in [9.17, 15) is 5.11 Å². The average molecular weight is 311 g/mol. The Hall–Kier alpha value is -0.640. The van der Waals surface area contributed by atoms with E-state index < -0.39 is 6.10 Å². The molecule has 1 aromatic heterocycles. The minimum Gasteiger partial charge on any atom is -0.383 e. The van der Waals surface area contributed by atoms with Gasteiger partial charge in [0.25, 0.3) is 0 Å². The second-order valence-electron chi connectivity index (χ2n) is 4.06. The molecule has 3 heteroatoms. The van der Waals surface area contributed by atoms with Crippen molar-refractivity contribution in [1.29, 1.82) is 0 Å². The highest BCUT2D eigenvalue weighted by Gasteiger charge is 2.12. The molecule has 0 amide bonds. The van der Waals surface area contributed by atoms with Gasteiger partial charge in [0, 0.05) is 14.7 Å². The lowest BCUT2D eigenvalue weighted by Gasteiger charge is -2.10. The lowest BCUT2D eigenvalue weighted by atomic mass is 10.0. The summed E-state index contributed by atoms with van der Waals surface area (Å²) in [5, 5.41) is 12.3. The molecule has 0 aliphatic rings. The van der Waals surface area contributed by atoms with E-state index in [1.807, 2.05) is 23.6 Å². The van der Waals surface area contributed by atoms with Crippen LogP contribution in [-0.2, 0) is 6.42 Å². The fourth-order valence-corrected chi connectivity index (χ4v) is 3.30. The standard InChI is InChI=1S/C14H15BrOS/c1-2-4-10-5-3-6-11(7-10)14(16)13-8-12(15)9-17-13/h3,5-9,14,16H,2,4H2,1H3. The maximum atomic E-state index is 10.3. The van der Waals surface area contributed by atoms with E-state index in [4.69, 9.17) is 0 Å². The molecule has 0 aliphatic heterocycles. The lowest BCUT2D eigenvalue weighted by Crippen LogP contribution is -1.98. The molecular formula is C14H15BrOS. The predicted molar refractivity (Wildman–Crippen MR) is 76.5 cm³/mol. The Morgan fingerprint density at radius 3 is 2.82 bits per heavy atom. The number of hydrogen-bond donors (Lipinski definition) is 1. The second-order valence-corrected chi connectivity index (χ2v) is 5.92. The van der Waals surface area contributed by atoms with Crippen molar-refractivity contribution in [2.24, 2.45) is 0 Å². The smallest absolute Gasteiger partial charge is 0.113 e. The number of aliphatic hydroxyl groups is 1. The molecule has 1 aromatic carbocycles. The van der Waals surface area contributed by atoms with Gasteiger partial charge in [0.2, 0.25) is 0 Å². The maximum Gasteiger partial charge on any atom is 0.113 e. The van der Waals surface area contributed by atoms with Crippen molar-refractivity contribution in [2.75, 3.05) is 0 Å². The Morgan fingerprint density at radius 1 is 1.35 bits per heavy atom. The first-order valence-corrected chi connectivity index (χ1v) is 7.39. The van der Waals surface area contributed by atoms with Crippen LogP contribution in [0.15, 0.2) is 40.2 Å². The molecule has 0 spiro atoms. The van der Waals surface area contributed by atoms with Crippen LogP contribution in [0.5, 0.6) is 0 Å². The van der Waals surface area contributed by atoms with Crippen molar-refractivity contribution in [1.82, 2.24) is 0 Å². The second kappa shape index (κ2) is 5.80. The van der Waals surface area contributed by atoms with Crippen molar-refractivity contribution < 1.29 is 5.11 Å². The highest BCUT2D eigenvalue weighted by atomic mass is 79.9. The van der Waals surface area contributed by atoms with Gasteiger partial charge in [0.05, 0.1) is 0 Å². The molecule has 0 bridgehead atoms. The third kappa shape index (κ3) is 3.18. The first kappa shape index (κ1) is 12.8. The number of thiophene rings is 1. The summed E-state index contributed by atoms with van der Waals surface area (Å²) in [7, 11) is 0. The Bertz CT molecular complexity index is 492. The van der Waals surface area contributed by atoms with E-state index in [2.05, 4.69) is 35.0 Å². The minimum absolute atomic E-state index is 0.511. The summed E-state index contributed by atoms with van der Waals surface area (Å²) in [6.07, 6.45) is 1.68. The molecule has 0 saturated heterocycles. The molecule has 1 N–H and O–H groups in total. The van der Waals surface area contributed by atoms with Crippen LogP contribution in [0.3, 0.4) is 0 Å². The summed E-state index contributed by atoms with van der Waals surface area (Å²) in [4.78, 5) is 0.977. The summed E-state index contributed by atoms with van der Waals surface area (Å²) in [5.74, 6) is 0. The first-order valence-electron chi connectivity index (χ1n) is 5.71. The van der Waals surface area contributed by atoms with Crippen LogP contribution in [0.2, 0.25) is 0 Å². The van der Waals surface area contributed by atoms with Crippen molar-refractivity contribution in [3.05, 3.63) is 56.2 Å². The topological polar surface area (TPSA) is 20.2 Å². The molecule has 17 heavy (non-hydrogen) atoms. The van der Waals surface area contributed by atoms with Crippen molar-refractivity contribution in [3.63, 3.8) is 0 Å². The molecule has 90 valence electrons. The van der Waals surface area contributed by atoms with E-state index in [-0.39, 0.29) is 0 Å². The molecule has 2 rings (SSSR count). The summed E-state index contributed by atoms with van der Waals surface area (Å²) in [5.41, 5.74) is 2.27. The van der Waals surface area contributed by atoms with Gasteiger partial charge in [-0.2, -0.15) is 0 Å². The van der Waals surface area contributed by atoms with E-state index in [0.717, 1.165) is 27.8 Å². The van der Waals surface area contributed by atoms with Gasteiger partial charge in [-0.15, -0.1) is 11.3 Å². The summed E-state index contributed by atoms with van der Waals surface area (Å²) in [6, 6.07) is 10.2. The van der Waals surface area contributed by atoms with Crippen LogP contribution in [0.4, 0.5) is 0 Å². The molecule has 1 nitrogen and oxygen atoms in total. The number of rotatable bonds is 4. The molecule has 0 radical (unpaired) electrons. The quantitative estimate of drug-likeness (QED) is 0.878. The third-order valence-corrected chi connectivity index (χ3v) is 4.41. The highest BCUT2D eigenvalue weighted by molar-refractivity contribution is 9.10. The predicted octanol–water partition coefficient (Wildman–Crippen LogP) is 4.54. The molecule has 1 atom stereocenters. The van der Waals surface area contributed by atoms with E-state index in [1.54, 1.807) is 11.3 Å². The number of hydrogen-bond acceptors (Lipinski definition) is 2. The number of benzene rings is 1. The summed E-state index contributed by atoms with van der Waals surface area (Å²) >= 11 is 4.99. The Balaban J connectivity index is 2.24. The average Bonchev–Trinajstić information content (AvgIpc) is 2.76. The van der Waals surface area contributed by atoms with Crippen LogP contribution in [0.25, 0.3) is 0 Å². The zero-order valence-electron chi connectivity index (χ0n) is 9.69. The molecule has 2 aromatic rings. The van der Waals surface area contributed by atoms with Gasteiger partial charge in [-0.05, 0) is 39.5 Å². The van der Waals surface area contributed by atoms with Gasteiger partial charge in [-0.25, -0.2) is 0 Å². The van der Waals surface area contributed by atoms with E-state index >= 15 is 0 Å². The number of halogens is 1. The summed E-state index contributed by atoms with van der Waals surface area (Å²) < 4.78 is 1.03. The van der Waals surface area contributed by atoms with Gasteiger partial charge in [0.15, 0.2) is 0 Å². The van der Waals surface area contributed by atoms with Crippen LogP contribution < -0.4 is 0 Å². The zero-order chi connectivity index (χ0) is 12.3. The zero-order valence-corrected chi connectivity index (χ0v) is 12.1. The minimum atomic E-state index is -0.511. The van der Waals surface area contributed by atoms with Gasteiger partial charge in [0.1, 0.15) is 6.10 Å². The fraction of sp³-hybridized carbons (Fsp3) is 0.286. The Kier molecular flexibility index (Phi) is 4.37. The van der Waals surface area contributed by atoms with Crippen LogP contribution in [0, 0.1) is 0 Å². The Labute approximate surface area is 114 Å². The third-order valence-electron chi connectivity index (χ3n) is 2.66. The van der Waals surface area contributed by atoms with Gasteiger partial charge < -0.3 is 5.11 Å². The van der Waals surface area contributed by atoms with Gasteiger partial charge in [-0.1, -0.05) is 37.6 Å². The molecule has 0 fully saturated rings. The van der Waals surface area contributed by atoms with Crippen molar-refractivity contribution in [2.45, 2.75) is 25.9 Å². The van der Waals surface area contributed by atoms with Crippen LogP contribution >= 0.6 is 27.3 Å². The molecular weight excluding hydrogens is 296 g/mol. The van der Waals surface area contributed by atoms with E-state index in [1.165, 1.54) is 5.56 Å². The fourth-order valence-electron chi connectivity index (χ4n) is 1.84. The molecule has 0 aliphatic carbocycles. The molecule has 1 heterocycles. The number of aryl methyl sites for hydroxylation is 1. The monoisotopic (exact) mass is 310 g/mol. The summed E-state index contributed by atoms with van der Waals surface area (Å²) in [6.45, 7) is 2.17. The van der Waals surface area contributed by atoms with Gasteiger partial charge >= 0.3 is 0 Å². The first-order chi connectivity index (χ1) is 8.20. The van der Waals surface area contributed by atoms with Crippen molar-refractivity contribution >= 4 is 27.3 Å². The maximum absolute atomic E-state index is 10.3. The Morgan fingerprint density at radius 2 is 2.18 bits per heavy atom. The number of aliphatic hydroxyl groups excluding tert-OH is 1. The van der Waals surface area contributed by atoms with Gasteiger partial charge in [-0.3, -0.25) is 0 Å². The highest BCUT2D eigenvalue weighted by Crippen LogP contribution is 2.30. The van der Waals surface area contributed by atoms with Crippen LogP contribution in [0.1, 0.15) is 35.5 Å². The largest absolute Gasteiger partial charge is 0.383 e. The van der Waals surface area contributed by atoms with E-state index in [0.29, 0.717) is 0 Å². The normalized spacial score (nSPS) is 12.6. The van der Waals surface area contributed by atoms with Crippen molar-refractivity contribution in [3.8, 4) is 0 Å². The molecule has 1 unspecified atom stereocenters. The van der Waals surface area contributed by atoms with Crippen LogP contribution in [-0.4, -0.2) is 5.11 Å². The lowest BCUT2D eigenvalue weighted by molar-refractivity contribution is 0.224. The molecule has 0 saturated carbocycles.